The summed E-state index contributed by atoms with van der Waals surface area (Å²) >= 11 is 0. The van der Waals surface area contributed by atoms with Gasteiger partial charge in [0.25, 0.3) is 0 Å². The Morgan fingerprint density at radius 3 is 2.13 bits per heavy atom. The van der Waals surface area contributed by atoms with Gasteiger partial charge in [-0.1, -0.05) is 48.5 Å². The lowest BCUT2D eigenvalue weighted by atomic mass is 9.86. The predicted octanol–water partition coefficient (Wildman–Crippen LogP) is 5.69. The second kappa shape index (κ2) is 12.6. The Balaban J connectivity index is 1.58. The second-order valence-corrected chi connectivity index (χ2v) is 10.0. The van der Waals surface area contributed by atoms with Gasteiger partial charge in [0, 0.05) is 37.5 Å². The van der Waals surface area contributed by atoms with E-state index in [4.69, 9.17) is 4.74 Å². The SMILES string of the molecule is COC(=O)/C=C/c1cccc(N(Cc2ccc(-c3ccc(N(C)C)cc3)cc2)C(=O)C2CCC(O)CC2)c1. The lowest BCUT2D eigenvalue weighted by Crippen LogP contribution is -2.38. The van der Waals surface area contributed by atoms with Gasteiger partial charge in [-0.05, 0) is 78.3 Å². The molecule has 38 heavy (non-hydrogen) atoms. The van der Waals surface area contributed by atoms with Gasteiger partial charge in [-0.3, -0.25) is 4.79 Å². The Bertz CT molecular complexity index is 1260. The molecule has 0 spiro atoms. The van der Waals surface area contributed by atoms with Gasteiger partial charge in [0.05, 0.1) is 19.8 Å². The van der Waals surface area contributed by atoms with Gasteiger partial charge >= 0.3 is 5.97 Å². The Morgan fingerprint density at radius 1 is 0.895 bits per heavy atom. The molecule has 198 valence electrons. The molecular formula is C32H36N2O4. The molecular weight excluding hydrogens is 476 g/mol. The molecule has 0 bridgehead atoms. The number of aliphatic hydroxyl groups excluding tert-OH is 1. The number of hydrogen-bond acceptors (Lipinski definition) is 5. The van der Waals surface area contributed by atoms with Crippen LogP contribution in [0.25, 0.3) is 17.2 Å². The van der Waals surface area contributed by atoms with Crippen LogP contribution in [0.5, 0.6) is 0 Å². The van der Waals surface area contributed by atoms with Crippen LogP contribution < -0.4 is 9.80 Å². The molecule has 6 nitrogen and oxygen atoms in total. The topological polar surface area (TPSA) is 70.1 Å². The number of carbonyl (C=O) groups excluding carboxylic acids is 2. The van der Waals surface area contributed by atoms with Crippen LogP contribution in [0.1, 0.15) is 36.8 Å². The molecule has 0 radical (unpaired) electrons. The number of hydrogen-bond donors (Lipinski definition) is 1. The normalized spacial score (nSPS) is 17.3. The molecule has 3 aromatic rings. The molecule has 1 saturated carbocycles. The molecule has 1 aliphatic carbocycles. The van der Waals surface area contributed by atoms with Crippen molar-refractivity contribution < 1.29 is 19.4 Å². The van der Waals surface area contributed by atoms with E-state index in [1.165, 1.54) is 13.2 Å². The van der Waals surface area contributed by atoms with Crippen LogP contribution in [0.3, 0.4) is 0 Å². The van der Waals surface area contributed by atoms with E-state index in [1.807, 2.05) is 43.3 Å². The third kappa shape index (κ3) is 6.90. The minimum absolute atomic E-state index is 0.0642. The fourth-order valence-electron chi connectivity index (χ4n) is 4.81. The van der Waals surface area contributed by atoms with Crippen LogP contribution in [-0.4, -0.2) is 44.3 Å². The third-order valence-corrected chi connectivity index (χ3v) is 7.12. The zero-order valence-electron chi connectivity index (χ0n) is 22.3. The van der Waals surface area contributed by atoms with E-state index >= 15 is 0 Å². The van der Waals surface area contributed by atoms with E-state index in [1.54, 1.807) is 6.08 Å². The van der Waals surface area contributed by atoms with Crippen LogP contribution >= 0.6 is 0 Å². The van der Waals surface area contributed by atoms with E-state index in [0.29, 0.717) is 32.2 Å². The van der Waals surface area contributed by atoms with Crippen molar-refractivity contribution in [3.63, 3.8) is 0 Å². The zero-order valence-corrected chi connectivity index (χ0v) is 22.3. The highest BCUT2D eigenvalue weighted by atomic mass is 16.5. The highest BCUT2D eigenvalue weighted by molar-refractivity contribution is 5.95. The van der Waals surface area contributed by atoms with Crippen molar-refractivity contribution in [3.05, 3.63) is 90.0 Å². The standard InChI is InChI=1S/C32H36N2O4/c1-33(2)28-16-12-26(13-17-28)25-10-7-24(8-11-25)22-34(32(37)27-14-18-30(35)19-15-27)29-6-4-5-23(21-29)9-20-31(36)38-3/h4-13,16-17,20-21,27,30,35H,14-15,18-19,22H2,1-3H3/b20-9+. The van der Waals surface area contributed by atoms with Gasteiger partial charge in [0.1, 0.15) is 0 Å². The maximum absolute atomic E-state index is 13.8. The number of rotatable bonds is 8. The smallest absolute Gasteiger partial charge is 0.330 e. The van der Waals surface area contributed by atoms with Crippen LogP contribution in [0.15, 0.2) is 78.9 Å². The molecule has 0 heterocycles. The van der Waals surface area contributed by atoms with Crippen molar-refractivity contribution >= 4 is 29.3 Å². The van der Waals surface area contributed by atoms with E-state index < -0.39 is 5.97 Å². The summed E-state index contributed by atoms with van der Waals surface area (Å²) in [6, 6.07) is 24.4. The van der Waals surface area contributed by atoms with Gasteiger partial charge in [0.15, 0.2) is 0 Å². The number of methoxy groups -OCH3 is 1. The number of nitrogens with zero attached hydrogens (tertiary/aromatic N) is 2. The molecule has 1 amide bonds. The van der Waals surface area contributed by atoms with Gasteiger partial charge in [-0.15, -0.1) is 0 Å². The summed E-state index contributed by atoms with van der Waals surface area (Å²) < 4.78 is 4.70. The first-order chi connectivity index (χ1) is 18.3. The fourth-order valence-corrected chi connectivity index (χ4v) is 4.81. The predicted molar refractivity (Wildman–Crippen MR) is 153 cm³/mol. The van der Waals surface area contributed by atoms with E-state index in [-0.39, 0.29) is 17.9 Å². The van der Waals surface area contributed by atoms with Crippen LogP contribution in [0, 0.1) is 5.92 Å². The van der Waals surface area contributed by atoms with Crippen molar-refractivity contribution in [1.82, 2.24) is 0 Å². The van der Waals surface area contributed by atoms with Crippen molar-refractivity contribution in [2.24, 2.45) is 5.92 Å². The average molecular weight is 513 g/mol. The molecule has 0 saturated heterocycles. The summed E-state index contributed by atoms with van der Waals surface area (Å²) in [5.41, 5.74) is 6.02. The van der Waals surface area contributed by atoms with Crippen LogP contribution in [-0.2, 0) is 20.9 Å². The maximum Gasteiger partial charge on any atom is 0.330 e. The molecule has 0 atom stereocenters. The quantitative estimate of drug-likeness (QED) is 0.310. The first-order valence-electron chi connectivity index (χ1n) is 13.1. The van der Waals surface area contributed by atoms with Crippen molar-refractivity contribution in [2.75, 3.05) is 31.0 Å². The first kappa shape index (κ1) is 27.1. The van der Waals surface area contributed by atoms with E-state index in [0.717, 1.165) is 33.6 Å². The summed E-state index contributed by atoms with van der Waals surface area (Å²) in [5, 5.41) is 9.95. The lowest BCUT2D eigenvalue weighted by molar-refractivity contribution is -0.134. The van der Waals surface area contributed by atoms with Gasteiger partial charge in [-0.2, -0.15) is 0 Å². The molecule has 1 fully saturated rings. The number of aliphatic hydroxyl groups is 1. The van der Waals surface area contributed by atoms with Crippen LogP contribution in [0.4, 0.5) is 11.4 Å². The molecule has 0 aliphatic heterocycles. The number of carbonyl (C=O) groups is 2. The monoisotopic (exact) mass is 512 g/mol. The molecule has 0 aromatic heterocycles. The van der Waals surface area contributed by atoms with Gasteiger partial charge < -0.3 is 19.6 Å². The lowest BCUT2D eigenvalue weighted by Gasteiger charge is -2.31. The summed E-state index contributed by atoms with van der Waals surface area (Å²) in [4.78, 5) is 29.2. The largest absolute Gasteiger partial charge is 0.466 e. The Kier molecular flexibility index (Phi) is 8.98. The summed E-state index contributed by atoms with van der Waals surface area (Å²) in [7, 11) is 5.39. The number of esters is 1. The minimum atomic E-state index is -0.430. The number of amides is 1. The third-order valence-electron chi connectivity index (χ3n) is 7.12. The average Bonchev–Trinajstić information content (AvgIpc) is 2.95. The highest BCUT2D eigenvalue weighted by Gasteiger charge is 2.29. The second-order valence-electron chi connectivity index (χ2n) is 10.0. The highest BCUT2D eigenvalue weighted by Crippen LogP contribution is 2.30. The van der Waals surface area contributed by atoms with Crippen LogP contribution in [0.2, 0.25) is 0 Å². The van der Waals surface area contributed by atoms with Crippen molar-refractivity contribution in [1.29, 1.82) is 0 Å². The molecule has 3 aromatic carbocycles. The maximum atomic E-state index is 13.8. The van der Waals surface area contributed by atoms with E-state index in [9.17, 15) is 14.7 Å². The number of benzene rings is 3. The Labute approximate surface area is 225 Å². The molecule has 1 N–H and O–H groups in total. The molecule has 4 rings (SSSR count). The fraction of sp³-hybridized carbons (Fsp3) is 0.312. The molecule has 0 unspecified atom stereocenters. The summed E-state index contributed by atoms with van der Waals surface area (Å²) in [6.45, 7) is 0.432. The Morgan fingerprint density at radius 2 is 1.53 bits per heavy atom. The minimum Gasteiger partial charge on any atom is -0.466 e. The zero-order chi connectivity index (χ0) is 27.1. The molecule has 6 heteroatoms. The number of ether oxygens (including phenoxy) is 1. The first-order valence-corrected chi connectivity index (χ1v) is 13.1. The molecule has 1 aliphatic rings. The summed E-state index contributed by atoms with van der Waals surface area (Å²) in [6.07, 6.45) is 5.39. The summed E-state index contributed by atoms with van der Waals surface area (Å²) in [5.74, 6) is -0.489. The van der Waals surface area contributed by atoms with Gasteiger partial charge in [-0.25, -0.2) is 4.79 Å². The Hall–Kier alpha value is -3.90. The van der Waals surface area contributed by atoms with Crippen molar-refractivity contribution in [2.45, 2.75) is 38.3 Å². The van der Waals surface area contributed by atoms with Crippen molar-refractivity contribution in [3.8, 4) is 11.1 Å². The van der Waals surface area contributed by atoms with E-state index in [2.05, 4.69) is 53.4 Å². The van der Waals surface area contributed by atoms with Gasteiger partial charge in [0.2, 0.25) is 5.91 Å². The number of anilines is 2.